The molecule has 0 aliphatic carbocycles. The minimum atomic E-state index is -3.47. The van der Waals surface area contributed by atoms with Crippen molar-refractivity contribution in [1.82, 2.24) is 15.0 Å². The smallest absolute Gasteiger partial charge is 0.240 e. The molecule has 2 rings (SSSR count). The Hall–Kier alpha value is -1.80. The maximum atomic E-state index is 12.0. The van der Waals surface area contributed by atoms with Gasteiger partial charge in [-0.3, -0.25) is 4.98 Å². The number of sulfonamides is 1. The number of hydrogen-bond donors (Lipinski definition) is 2. The molecule has 0 atom stereocenters. The fourth-order valence-corrected chi connectivity index (χ4v) is 3.01. The number of pyridine rings is 1. The Morgan fingerprint density at radius 3 is 2.22 bits per heavy atom. The maximum Gasteiger partial charge on any atom is 0.240 e. The Morgan fingerprint density at radius 1 is 1.00 bits per heavy atom. The number of hydrogen-bond acceptors (Lipinski definition) is 5. The molecule has 0 amide bonds. The van der Waals surface area contributed by atoms with Gasteiger partial charge in [0.1, 0.15) is 0 Å². The van der Waals surface area contributed by atoms with E-state index < -0.39 is 10.0 Å². The van der Waals surface area contributed by atoms with Gasteiger partial charge in [-0.05, 0) is 35.4 Å². The lowest BCUT2D eigenvalue weighted by Crippen LogP contribution is -2.27. The van der Waals surface area contributed by atoms with E-state index in [9.17, 15) is 8.42 Å². The van der Waals surface area contributed by atoms with Crippen LogP contribution in [-0.2, 0) is 27.8 Å². The van der Waals surface area contributed by atoms with Crippen molar-refractivity contribution < 1.29 is 13.2 Å². The summed E-state index contributed by atoms with van der Waals surface area (Å²) in [6.07, 6.45) is 3.51. The summed E-state index contributed by atoms with van der Waals surface area (Å²) in [6, 6.07) is 10.7. The zero-order valence-electron chi connectivity index (χ0n) is 13.0. The fourth-order valence-electron chi connectivity index (χ4n) is 2.00. The quantitative estimate of drug-likeness (QED) is 0.675. The molecule has 6 nitrogen and oxygen atoms in total. The number of nitrogens with one attached hydrogen (secondary N) is 2. The number of ether oxygens (including phenoxy) is 1. The highest BCUT2D eigenvalue weighted by molar-refractivity contribution is 7.89. The van der Waals surface area contributed by atoms with E-state index in [0.29, 0.717) is 13.2 Å². The lowest BCUT2D eigenvalue weighted by atomic mass is 10.2. The molecule has 0 fully saturated rings. The summed E-state index contributed by atoms with van der Waals surface area (Å²) in [5, 5.41) is 3.31. The van der Waals surface area contributed by atoms with Crippen LogP contribution in [0.25, 0.3) is 0 Å². The van der Waals surface area contributed by atoms with Gasteiger partial charge in [0.05, 0.1) is 11.5 Å². The van der Waals surface area contributed by atoms with E-state index >= 15 is 0 Å². The standard InChI is InChI=1S/C16H21N3O3S/c1-22-11-10-19-23(20,21)16-4-2-14(3-5-16)12-18-13-15-6-8-17-9-7-15/h2-9,18-19H,10-13H2,1H3. The van der Waals surface area contributed by atoms with Crippen molar-refractivity contribution in [2.75, 3.05) is 20.3 Å². The highest BCUT2D eigenvalue weighted by Gasteiger charge is 2.12. The van der Waals surface area contributed by atoms with Gasteiger partial charge < -0.3 is 10.1 Å². The Bertz CT molecular complexity index is 688. The molecule has 0 spiro atoms. The monoisotopic (exact) mass is 335 g/mol. The topological polar surface area (TPSA) is 80.3 Å². The molecule has 0 saturated heterocycles. The summed E-state index contributed by atoms with van der Waals surface area (Å²) in [5.74, 6) is 0. The SMILES string of the molecule is COCCNS(=O)(=O)c1ccc(CNCc2ccncc2)cc1. The molecule has 0 unspecified atom stereocenters. The Labute approximate surface area is 137 Å². The zero-order valence-corrected chi connectivity index (χ0v) is 13.8. The molecule has 23 heavy (non-hydrogen) atoms. The normalized spacial score (nSPS) is 11.5. The summed E-state index contributed by atoms with van der Waals surface area (Å²) >= 11 is 0. The molecule has 124 valence electrons. The third-order valence-electron chi connectivity index (χ3n) is 3.24. The number of rotatable bonds is 9. The van der Waals surface area contributed by atoms with Gasteiger partial charge >= 0.3 is 0 Å². The molecule has 0 saturated carbocycles. The Kier molecular flexibility index (Phi) is 6.66. The molecule has 7 heteroatoms. The van der Waals surface area contributed by atoms with Crippen LogP contribution in [0.15, 0.2) is 53.7 Å². The second kappa shape index (κ2) is 8.73. The van der Waals surface area contributed by atoms with Gasteiger partial charge in [-0.25, -0.2) is 13.1 Å². The lowest BCUT2D eigenvalue weighted by molar-refractivity contribution is 0.204. The zero-order chi connectivity index (χ0) is 16.5. The van der Waals surface area contributed by atoms with Gasteiger partial charge in [0.25, 0.3) is 0 Å². The lowest BCUT2D eigenvalue weighted by Gasteiger charge is -2.08. The summed E-state index contributed by atoms with van der Waals surface area (Å²) in [4.78, 5) is 4.23. The molecule has 0 aliphatic heterocycles. The van der Waals surface area contributed by atoms with Gasteiger partial charge in [0.2, 0.25) is 10.0 Å². The largest absolute Gasteiger partial charge is 0.383 e. The van der Waals surface area contributed by atoms with Crippen LogP contribution >= 0.6 is 0 Å². The van der Waals surface area contributed by atoms with Crippen molar-refractivity contribution in [2.24, 2.45) is 0 Å². The summed E-state index contributed by atoms with van der Waals surface area (Å²) < 4.78 is 31.4. The first-order valence-electron chi connectivity index (χ1n) is 7.29. The average molecular weight is 335 g/mol. The van der Waals surface area contributed by atoms with E-state index in [0.717, 1.165) is 17.7 Å². The van der Waals surface area contributed by atoms with Crippen molar-refractivity contribution in [1.29, 1.82) is 0 Å². The van der Waals surface area contributed by atoms with Crippen LogP contribution in [-0.4, -0.2) is 33.7 Å². The summed E-state index contributed by atoms with van der Waals surface area (Å²) in [6.45, 7) is 2.01. The third-order valence-corrected chi connectivity index (χ3v) is 4.72. The van der Waals surface area contributed by atoms with Gasteiger partial charge in [-0.1, -0.05) is 12.1 Å². The number of nitrogens with zero attached hydrogens (tertiary/aromatic N) is 1. The summed E-state index contributed by atoms with van der Waals surface area (Å²) in [5.41, 5.74) is 2.18. The van der Waals surface area contributed by atoms with E-state index in [1.165, 1.54) is 7.11 Å². The van der Waals surface area contributed by atoms with Gasteiger partial charge in [-0.2, -0.15) is 0 Å². The highest BCUT2D eigenvalue weighted by Crippen LogP contribution is 2.10. The van der Waals surface area contributed by atoms with E-state index in [1.54, 1.807) is 24.5 Å². The van der Waals surface area contributed by atoms with Crippen LogP contribution < -0.4 is 10.0 Å². The molecule has 0 aliphatic rings. The molecule has 2 aromatic rings. The van der Waals surface area contributed by atoms with Crippen LogP contribution in [0.2, 0.25) is 0 Å². The van der Waals surface area contributed by atoms with Crippen molar-refractivity contribution >= 4 is 10.0 Å². The van der Waals surface area contributed by atoms with E-state index in [-0.39, 0.29) is 11.4 Å². The van der Waals surface area contributed by atoms with Crippen LogP contribution in [0.1, 0.15) is 11.1 Å². The van der Waals surface area contributed by atoms with Crippen molar-refractivity contribution in [3.8, 4) is 0 Å². The second-order valence-electron chi connectivity index (χ2n) is 4.99. The molecular weight excluding hydrogens is 314 g/mol. The van der Waals surface area contributed by atoms with Crippen LogP contribution in [0.5, 0.6) is 0 Å². The van der Waals surface area contributed by atoms with Crippen molar-refractivity contribution in [2.45, 2.75) is 18.0 Å². The Balaban J connectivity index is 1.86. The first-order chi connectivity index (χ1) is 11.1. The molecule has 1 heterocycles. The predicted molar refractivity (Wildman–Crippen MR) is 88.3 cm³/mol. The predicted octanol–water partition coefficient (Wildman–Crippen LogP) is 1.30. The van der Waals surface area contributed by atoms with E-state index in [1.807, 2.05) is 24.3 Å². The van der Waals surface area contributed by atoms with Crippen LogP contribution in [0.3, 0.4) is 0 Å². The average Bonchev–Trinajstić information content (AvgIpc) is 2.56. The molecular formula is C16H21N3O3S. The first kappa shape index (κ1) is 17.6. The van der Waals surface area contributed by atoms with E-state index in [4.69, 9.17) is 4.74 Å². The van der Waals surface area contributed by atoms with E-state index in [2.05, 4.69) is 15.0 Å². The molecule has 1 aromatic carbocycles. The first-order valence-corrected chi connectivity index (χ1v) is 8.77. The highest BCUT2D eigenvalue weighted by atomic mass is 32.2. The van der Waals surface area contributed by atoms with Gasteiger partial charge in [0.15, 0.2) is 0 Å². The van der Waals surface area contributed by atoms with Gasteiger partial charge in [-0.15, -0.1) is 0 Å². The second-order valence-corrected chi connectivity index (χ2v) is 6.76. The van der Waals surface area contributed by atoms with Crippen molar-refractivity contribution in [3.05, 3.63) is 59.9 Å². The maximum absolute atomic E-state index is 12.0. The van der Waals surface area contributed by atoms with Crippen LogP contribution in [0, 0.1) is 0 Å². The van der Waals surface area contributed by atoms with Gasteiger partial charge in [0, 0.05) is 39.1 Å². The summed E-state index contributed by atoms with van der Waals surface area (Å²) in [7, 11) is -1.94. The molecule has 1 aromatic heterocycles. The minimum absolute atomic E-state index is 0.256. The third kappa shape index (κ3) is 5.72. The minimum Gasteiger partial charge on any atom is -0.383 e. The number of aromatic nitrogens is 1. The molecule has 2 N–H and O–H groups in total. The van der Waals surface area contributed by atoms with Crippen molar-refractivity contribution in [3.63, 3.8) is 0 Å². The Morgan fingerprint density at radius 2 is 1.61 bits per heavy atom. The molecule has 0 radical (unpaired) electrons. The fraction of sp³-hybridized carbons (Fsp3) is 0.312. The number of benzene rings is 1. The molecule has 0 bridgehead atoms. The number of methoxy groups -OCH3 is 1. The van der Waals surface area contributed by atoms with Crippen LogP contribution in [0.4, 0.5) is 0 Å².